The van der Waals surface area contributed by atoms with Gasteiger partial charge >= 0.3 is 17.9 Å². The van der Waals surface area contributed by atoms with Gasteiger partial charge in [0.2, 0.25) is 0 Å². The van der Waals surface area contributed by atoms with Crippen LogP contribution in [0.1, 0.15) is 38.8 Å². The van der Waals surface area contributed by atoms with E-state index in [1.807, 2.05) is 24.3 Å². The number of hydrogen-bond donors (Lipinski definition) is 0. The number of rotatable bonds is 10. The molecule has 0 atom stereocenters. The summed E-state index contributed by atoms with van der Waals surface area (Å²) >= 11 is 0. The lowest BCUT2D eigenvalue weighted by Crippen LogP contribution is -2.17. The lowest BCUT2D eigenvalue weighted by atomic mass is 9.92. The predicted octanol–water partition coefficient (Wildman–Crippen LogP) is 3.23. The number of hydrogen-bond acceptors (Lipinski definition) is 8. The molecule has 0 N–H and O–H groups in total. The van der Waals surface area contributed by atoms with Gasteiger partial charge in [-0.25, -0.2) is 14.4 Å². The maximum Gasteiger partial charge on any atom is 0.355 e. The van der Waals surface area contributed by atoms with Crippen LogP contribution in [0.3, 0.4) is 0 Å². The Labute approximate surface area is 187 Å². The molecule has 2 aromatic carbocycles. The topological polar surface area (TPSA) is 100 Å². The van der Waals surface area contributed by atoms with Crippen LogP contribution in [0.2, 0.25) is 0 Å². The summed E-state index contributed by atoms with van der Waals surface area (Å²) in [6.45, 7) is 1.77. The van der Waals surface area contributed by atoms with E-state index in [1.54, 1.807) is 24.3 Å². The molecular formula is C24H27NO7. The summed E-state index contributed by atoms with van der Waals surface area (Å²) in [6, 6.07) is 14.3. The third kappa shape index (κ3) is 7.23. The maximum atomic E-state index is 11.6. The van der Waals surface area contributed by atoms with E-state index in [1.165, 1.54) is 28.3 Å². The van der Waals surface area contributed by atoms with Gasteiger partial charge in [-0.3, -0.25) is 0 Å². The smallest absolute Gasteiger partial charge is 0.355 e. The summed E-state index contributed by atoms with van der Waals surface area (Å²) in [6.07, 6.45) is 1.29. The van der Waals surface area contributed by atoms with Crippen LogP contribution in [-0.2, 0) is 36.7 Å². The summed E-state index contributed by atoms with van der Waals surface area (Å²) < 4.78 is 14.1. The Hall–Kier alpha value is -3.68. The van der Waals surface area contributed by atoms with Crippen LogP contribution in [0.25, 0.3) is 0 Å². The monoisotopic (exact) mass is 441 g/mol. The molecule has 0 aliphatic rings. The molecule has 0 saturated carbocycles. The summed E-state index contributed by atoms with van der Waals surface area (Å²) in [5.74, 6) is -1.33. The Kier molecular flexibility index (Phi) is 9.41. The van der Waals surface area contributed by atoms with E-state index in [4.69, 9.17) is 14.3 Å². The molecule has 8 heteroatoms. The maximum absolute atomic E-state index is 11.6. The molecule has 2 rings (SSSR count). The van der Waals surface area contributed by atoms with Crippen LogP contribution in [-0.4, -0.2) is 51.6 Å². The van der Waals surface area contributed by atoms with Crippen molar-refractivity contribution in [3.8, 4) is 0 Å². The van der Waals surface area contributed by atoms with Crippen molar-refractivity contribution in [3.05, 3.63) is 70.8 Å². The quantitative estimate of drug-likeness (QED) is 0.241. The molecule has 170 valence electrons. The summed E-state index contributed by atoms with van der Waals surface area (Å²) in [5.41, 5.74) is 3.08. The lowest BCUT2D eigenvalue weighted by Gasteiger charge is -2.17. The van der Waals surface area contributed by atoms with Crippen LogP contribution >= 0.6 is 0 Å². The lowest BCUT2D eigenvalue weighted by molar-refractivity contribution is -0.133. The van der Waals surface area contributed by atoms with Gasteiger partial charge in [0.05, 0.1) is 32.5 Å². The fraction of sp³-hybridized carbons (Fsp3) is 0.333. The van der Waals surface area contributed by atoms with Crippen molar-refractivity contribution >= 4 is 23.6 Å². The molecule has 0 heterocycles. The summed E-state index contributed by atoms with van der Waals surface area (Å²) in [7, 11) is 3.96. The fourth-order valence-corrected chi connectivity index (χ4v) is 3.07. The second-order valence-electron chi connectivity index (χ2n) is 7.12. The van der Waals surface area contributed by atoms with E-state index in [0.29, 0.717) is 24.0 Å². The number of oxime groups is 1. The molecule has 0 amide bonds. The second-order valence-corrected chi connectivity index (χ2v) is 7.12. The first kappa shape index (κ1) is 24.6. The molecule has 0 fully saturated rings. The number of nitrogens with zero attached hydrogens (tertiary/aromatic N) is 1. The van der Waals surface area contributed by atoms with Crippen LogP contribution < -0.4 is 0 Å². The molecule has 8 nitrogen and oxygen atoms in total. The first-order valence-corrected chi connectivity index (χ1v) is 9.97. The molecular weight excluding hydrogens is 414 g/mol. The largest absolute Gasteiger partial charge is 0.465 e. The van der Waals surface area contributed by atoms with Crippen molar-refractivity contribution in [1.29, 1.82) is 0 Å². The highest BCUT2D eigenvalue weighted by Gasteiger charge is 2.15. The molecule has 0 unspecified atom stereocenters. The van der Waals surface area contributed by atoms with Gasteiger partial charge in [0.25, 0.3) is 0 Å². The average molecular weight is 441 g/mol. The third-order valence-corrected chi connectivity index (χ3v) is 4.79. The number of methoxy groups -OCH3 is 3. The van der Waals surface area contributed by atoms with Gasteiger partial charge in [0.15, 0.2) is 5.71 Å². The van der Waals surface area contributed by atoms with E-state index >= 15 is 0 Å². The molecule has 0 aromatic heterocycles. The van der Waals surface area contributed by atoms with Crippen LogP contribution in [0.4, 0.5) is 0 Å². The van der Waals surface area contributed by atoms with Gasteiger partial charge in [0.1, 0.15) is 6.61 Å². The van der Waals surface area contributed by atoms with E-state index < -0.39 is 17.9 Å². The molecule has 0 aliphatic carbocycles. The summed E-state index contributed by atoms with van der Waals surface area (Å²) in [4.78, 5) is 40.2. The molecule has 32 heavy (non-hydrogen) atoms. The minimum absolute atomic E-state index is 0.0113. The number of benzene rings is 2. The van der Waals surface area contributed by atoms with Crippen molar-refractivity contribution in [3.63, 3.8) is 0 Å². The first-order chi connectivity index (χ1) is 15.4. The highest BCUT2D eigenvalue weighted by molar-refractivity contribution is 6.35. The number of carbonyl (C=O) groups is 3. The summed E-state index contributed by atoms with van der Waals surface area (Å²) in [5, 5.41) is 3.83. The molecule has 0 bridgehead atoms. The van der Waals surface area contributed by atoms with Crippen molar-refractivity contribution in [2.45, 2.75) is 19.8 Å². The first-order valence-electron chi connectivity index (χ1n) is 9.97. The molecule has 0 aliphatic heterocycles. The highest BCUT2D eigenvalue weighted by atomic mass is 16.6. The van der Waals surface area contributed by atoms with Crippen molar-refractivity contribution in [2.24, 2.45) is 11.1 Å². The van der Waals surface area contributed by atoms with Gasteiger partial charge in [0, 0.05) is 5.92 Å². The Morgan fingerprint density at radius 1 is 0.750 bits per heavy atom. The molecule has 0 spiro atoms. The SMILES string of the molecule is COC(=O)/C(C)=N/OCC(Cc1ccc(C(=O)OC)cc1)Cc1ccc(C(=O)OC)cc1. The Bertz CT molecular complexity index is 888. The van der Waals surface area contributed by atoms with Gasteiger partial charge in [-0.1, -0.05) is 29.4 Å². The standard InChI is InChI=1S/C24H27NO7/c1-16(22(26)29-2)25-32-15-19(13-17-5-9-20(10-6-17)23(27)30-3)14-18-7-11-21(12-8-18)24(28)31-4/h5-12,19H,13-15H2,1-4H3/b25-16+. The zero-order valence-corrected chi connectivity index (χ0v) is 18.6. The van der Waals surface area contributed by atoms with Crippen LogP contribution in [0.5, 0.6) is 0 Å². The van der Waals surface area contributed by atoms with Gasteiger partial charge in [-0.05, 0) is 55.2 Å². The predicted molar refractivity (Wildman–Crippen MR) is 118 cm³/mol. The Balaban J connectivity index is 2.13. The molecule has 0 saturated heterocycles. The normalized spacial score (nSPS) is 11.1. The molecule has 2 aromatic rings. The van der Waals surface area contributed by atoms with Crippen LogP contribution in [0.15, 0.2) is 53.7 Å². The minimum atomic E-state index is -0.557. The minimum Gasteiger partial charge on any atom is -0.465 e. The zero-order valence-electron chi connectivity index (χ0n) is 18.6. The molecule has 0 radical (unpaired) electrons. The average Bonchev–Trinajstić information content (AvgIpc) is 2.83. The van der Waals surface area contributed by atoms with Crippen molar-refractivity contribution in [2.75, 3.05) is 27.9 Å². The number of ether oxygens (including phenoxy) is 3. The number of carbonyl (C=O) groups excluding carboxylic acids is 3. The van der Waals surface area contributed by atoms with Crippen molar-refractivity contribution < 1.29 is 33.4 Å². The third-order valence-electron chi connectivity index (χ3n) is 4.79. The fourth-order valence-electron chi connectivity index (χ4n) is 3.07. The Morgan fingerprint density at radius 3 is 1.56 bits per heavy atom. The van der Waals surface area contributed by atoms with Gasteiger partial charge < -0.3 is 19.0 Å². The second kappa shape index (κ2) is 12.2. The van der Waals surface area contributed by atoms with E-state index in [-0.39, 0.29) is 18.2 Å². The van der Waals surface area contributed by atoms with E-state index in [9.17, 15) is 14.4 Å². The zero-order chi connectivity index (χ0) is 23.5. The van der Waals surface area contributed by atoms with Gasteiger partial charge in [-0.2, -0.15) is 0 Å². The Morgan fingerprint density at radius 2 is 1.19 bits per heavy atom. The van der Waals surface area contributed by atoms with Crippen LogP contribution in [0, 0.1) is 5.92 Å². The van der Waals surface area contributed by atoms with Crippen molar-refractivity contribution in [1.82, 2.24) is 0 Å². The van der Waals surface area contributed by atoms with Gasteiger partial charge in [-0.15, -0.1) is 0 Å². The van der Waals surface area contributed by atoms with E-state index in [0.717, 1.165) is 11.1 Å². The van der Waals surface area contributed by atoms with E-state index in [2.05, 4.69) is 9.89 Å². The number of esters is 3. The highest BCUT2D eigenvalue weighted by Crippen LogP contribution is 2.18.